The highest BCUT2D eigenvalue weighted by Crippen LogP contribution is 2.41. The van der Waals surface area contributed by atoms with E-state index in [4.69, 9.17) is 11.6 Å². The largest absolute Gasteiger partial charge is 0.340 e. The van der Waals surface area contributed by atoms with Crippen LogP contribution in [-0.4, -0.2) is 23.4 Å². The van der Waals surface area contributed by atoms with E-state index in [1.54, 1.807) is 41.7 Å². The number of benzene rings is 2. The van der Waals surface area contributed by atoms with Crippen LogP contribution in [-0.2, 0) is 10.0 Å². The van der Waals surface area contributed by atoms with Crippen molar-refractivity contribution >= 4 is 60.5 Å². The molecule has 0 aliphatic heterocycles. The summed E-state index contributed by atoms with van der Waals surface area (Å²) in [7, 11) is -3.76. The van der Waals surface area contributed by atoms with Crippen LogP contribution in [0.2, 0.25) is 5.02 Å². The SMILES string of the molecule is Cc1sc2ncnc(Nc3ccc(S(=O)(=O)Nc4ccccn4)cc3)c2c1-c1ccc(Cl)cc1. The third-order valence-electron chi connectivity index (χ3n) is 5.13. The molecule has 0 bridgehead atoms. The quantitative estimate of drug-likeness (QED) is 0.281. The third kappa shape index (κ3) is 4.45. The lowest BCUT2D eigenvalue weighted by molar-refractivity contribution is 0.601. The Morgan fingerprint density at radius 1 is 0.912 bits per heavy atom. The maximum absolute atomic E-state index is 12.7. The van der Waals surface area contributed by atoms with Crippen LogP contribution in [0.5, 0.6) is 0 Å². The topological polar surface area (TPSA) is 96.9 Å². The molecule has 5 aromatic rings. The number of aromatic nitrogens is 3. The van der Waals surface area contributed by atoms with Crippen molar-refractivity contribution < 1.29 is 8.42 Å². The Bertz CT molecular complexity index is 1570. The average Bonchev–Trinajstić information content (AvgIpc) is 3.17. The van der Waals surface area contributed by atoms with Crippen LogP contribution in [0.15, 0.2) is 84.1 Å². The van der Waals surface area contributed by atoms with Crippen LogP contribution in [0.1, 0.15) is 4.88 Å². The van der Waals surface area contributed by atoms with Gasteiger partial charge in [-0.2, -0.15) is 0 Å². The van der Waals surface area contributed by atoms with Gasteiger partial charge < -0.3 is 5.32 Å². The molecule has 7 nitrogen and oxygen atoms in total. The third-order valence-corrected chi connectivity index (χ3v) is 7.76. The molecule has 0 saturated heterocycles. The van der Waals surface area contributed by atoms with Crippen molar-refractivity contribution in [3.8, 4) is 11.1 Å². The molecule has 0 amide bonds. The van der Waals surface area contributed by atoms with Crippen LogP contribution in [0.3, 0.4) is 0 Å². The Balaban J connectivity index is 1.46. The minimum atomic E-state index is -3.76. The summed E-state index contributed by atoms with van der Waals surface area (Å²) >= 11 is 7.67. The highest BCUT2D eigenvalue weighted by molar-refractivity contribution is 7.92. The maximum atomic E-state index is 12.7. The molecule has 10 heteroatoms. The molecule has 0 aliphatic carbocycles. The van der Waals surface area contributed by atoms with Crippen LogP contribution in [0, 0.1) is 6.92 Å². The van der Waals surface area contributed by atoms with Crippen molar-refractivity contribution in [2.45, 2.75) is 11.8 Å². The molecule has 0 aliphatic rings. The molecule has 0 atom stereocenters. The highest BCUT2D eigenvalue weighted by Gasteiger charge is 2.18. The van der Waals surface area contributed by atoms with E-state index in [9.17, 15) is 8.42 Å². The predicted molar refractivity (Wildman–Crippen MR) is 137 cm³/mol. The van der Waals surface area contributed by atoms with Crippen LogP contribution in [0.4, 0.5) is 17.3 Å². The van der Waals surface area contributed by atoms with Gasteiger partial charge in [0.25, 0.3) is 10.0 Å². The summed E-state index contributed by atoms with van der Waals surface area (Å²) in [6.45, 7) is 2.05. The molecule has 0 spiro atoms. The average molecular weight is 508 g/mol. The fourth-order valence-electron chi connectivity index (χ4n) is 3.58. The smallest absolute Gasteiger partial charge is 0.263 e. The number of anilines is 3. The molecule has 0 saturated carbocycles. The molecule has 2 N–H and O–H groups in total. The van der Waals surface area contributed by atoms with Crippen molar-refractivity contribution in [2.24, 2.45) is 0 Å². The van der Waals surface area contributed by atoms with E-state index in [1.165, 1.54) is 24.7 Å². The van der Waals surface area contributed by atoms with Crippen molar-refractivity contribution in [1.82, 2.24) is 15.0 Å². The van der Waals surface area contributed by atoms with E-state index in [0.29, 0.717) is 16.5 Å². The molecule has 2 aromatic carbocycles. The molecule has 0 unspecified atom stereocenters. The second kappa shape index (κ2) is 9.02. The number of aryl methyl sites for hydroxylation is 1. The molecule has 170 valence electrons. The number of rotatable bonds is 6. The minimum Gasteiger partial charge on any atom is -0.340 e. The van der Waals surface area contributed by atoms with Crippen molar-refractivity contribution in [3.05, 3.63) is 89.2 Å². The Kier molecular flexibility index (Phi) is 5.91. The normalized spacial score (nSPS) is 11.5. The zero-order valence-corrected chi connectivity index (χ0v) is 20.2. The Hall–Kier alpha value is -3.53. The first-order chi connectivity index (χ1) is 16.4. The van der Waals surface area contributed by atoms with Gasteiger partial charge in [0.2, 0.25) is 0 Å². The first-order valence-corrected chi connectivity index (χ1v) is 12.9. The summed E-state index contributed by atoms with van der Waals surface area (Å²) in [6.07, 6.45) is 3.04. The lowest BCUT2D eigenvalue weighted by Gasteiger charge is -2.11. The van der Waals surface area contributed by atoms with E-state index in [2.05, 4.69) is 25.0 Å². The summed E-state index contributed by atoms with van der Waals surface area (Å²) in [5, 5.41) is 4.89. The van der Waals surface area contributed by atoms with E-state index >= 15 is 0 Å². The number of nitrogens with zero attached hydrogens (tertiary/aromatic N) is 3. The summed E-state index contributed by atoms with van der Waals surface area (Å²) < 4.78 is 27.8. The lowest BCUT2D eigenvalue weighted by atomic mass is 10.0. The Labute approximate surface area is 205 Å². The first kappa shape index (κ1) is 22.3. The fraction of sp³-hybridized carbons (Fsp3) is 0.0417. The summed E-state index contributed by atoms with van der Waals surface area (Å²) in [5.74, 6) is 0.900. The number of thiophene rings is 1. The molecule has 34 heavy (non-hydrogen) atoms. The van der Waals surface area contributed by atoms with Gasteiger partial charge in [0.05, 0.1) is 10.3 Å². The number of halogens is 1. The molecular formula is C24H18ClN5O2S2. The first-order valence-electron chi connectivity index (χ1n) is 10.2. The van der Waals surface area contributed by atoms with Gasteiger partial charge in [0.15, 0.2) is 0 Å². The Morgan fingerprint density at radius 2 is 1.68 bits per heavy atom. The van der Waals surface area contributed by atoms with Crippen molar-refractivity contribution in [1.29, 1.82) is 0 Å². The number of hydrogen-bond acceptors (Lipinski definition) is 7. The van der Waals surface area contributed by atoms with Gasteiger partial charge in [-0.3, -0.25) is 4.72 Å². The second-order valence-corrected chi connectivity index (χ2v) is 10.7. The summed E-state index contributed by atoms with van der Waals surface area (Å²) in [6, 6.07) is 19.1. The number of pyridine rings is 1. The van der Waals surface area contributed by atoms with Gasteiger partial charge in [0.1, 0.15) is 22.8 Å². The van der Waals surface area contributed by atoms with Crippen molar-refractivity contribution in [3.63, 3.8) is 0 Å². The van der Waals surface area contributed by atoms with Crippen molar-refractivity contribution in [2.75, 3.05) is 10.0 Å². The van der Waals surface area contributed by atoms with Gasteiger partial charge in [-0.15, -0.1) is 11.3 Å². The lowest BCUT2D eigenvalue weighted by Crippen LogP contribution is -2.13. The van der Waals surface area contributed by atoms with Crippen LogP contribution in [0.25, 0.3) is 21.3 Å². The van der Waals surface area contributed by atoms with Gasteiger partial charge in [-0.1, -0.05) is 29.8 Å². The number of sulfonamides is 1. The number of nitrogens with one attached hydrogen (secondary N) is 2. The van der Waals surface area contributed by atoms with Gasteiger partial charge >= 0.3 is 0 Å². The highest BCUT2D eigenvalue weighted by atomic mass is 35.5. The van der Waals surface area contributed by atoms with Gasteiger partial charge in [0, 0.05) is 27.3 Å². The predicted octanol–water partition coefficient (Wildman–Crippen LogP) is 6.26. The molecular weight excluding hydrogens is 490 g/mol. The number of fused-ring (bicyclic) bond motifs is 1. The van der Waals surface area contributed by atoms with Gasteiger partial charge in [-0.05, 0) is 61.0 Å². The zero-order chi connectivity index (χ0) is 23.7. The molecule has 3 aromatic heterocycles. The minimum absolute atomic E-state index is 0.129. The summed E-state index contributed by atoms with van der Waals surface area (Å²) in [5.41, 5.74) is 2.76. The maximum Gasteiger partial charge on any atom is 0.263 e. The van der Waals surface area contributed by atoms with E-state index in [-0.39, 0.29) is 10.7 Å². The standard InChI is InChI=1S/C24H18ClN5O2S2/c1-15-21(16-5-7-17(25)8-6-16)22-23(27-14-28-24(22)33-15)29-18-9-11-19(12-10-18)34(31,32)30-20-4-2-3-13-26-20/h2-14H,1H3,(H,26,30)(H,27,28,29). The molecule has 0 radical (unpaired) electrons. The zero-order valence-electron chi connectivity index (χ0n) is 17.9. The van der Waals surface area contributed by atoms with Crippen LogP contribution >= 0.6 is 22.9 Å². The molecule has 0 fully saturated rings. The van der Waals surface area contributed by atoms with E-state index in [0.717, 1.165) is 26.2 Å². The second-order valence-electron chi connectivity index (χ2n) is 7.41. The van der Waals surface area contributed by atoms with Gasteiger partial charge in [-0.25, -0.2) is 23.4 Å². The Morgan fingerprint density at radius 3 is 2.38 bits per heavy atom. The molecule has 3 heterocycles. The van der Waals surface area contributed by atoms with Crippen LogP contribution < -0.4 is 10.0 Å². The molecule has 5 rings (SSSR count). The monoisotopic (exact) mass is 507 g/mol. The van der Waals surface area contributed by atoms with E-state index < -0.39 is 10.0 Å². The summed E-state index contributed by atoms with van der Waals surface area (Å²) in [4.78, 5) is 15.0. The number of hydrogen-bond donors (Lipinski definition) is 2. The van der Waals surface area contributed by atoms with E-state index in [1.807, 2.05) is 31.2 Å². The fourth-order valence-corrected chi connectivity index (χ4v) is 5.72.